The zero-order chi connectivity index (χ0) is 21.5. The van der Waals surface area contributed by atoms with E-state index in [1.54, 1.807) is 19.9 Å². The zero-order valence-electron chi connectivity index (χ0n) is 15.9. The Morgan fingerprint density at radius 3 is 2.43 bits per heavy atom. The number of rotatable bonds is 3. The number of fused-ring (bicyclic) bond motifs is 1. The average Bonchev–Trinajstić information content (AvgIpc) is 3.08. The number of anilines is 1. The van der Waals surface area contributed by atoms with Crippen LogP contribution in [0.25, 0.3) is 16.9 Å². The highest BCUT2D eigenvalue weighted by Gasteiger charge is 2.33. The molecule has 4 aromatic rings. The molecule has 0 aliphatic heterocycles. The number of alkyl halides is 3. The number of amides is 1. The minimum absolute atomic E-state index is 0.0228. The fourth-order valence-electron chi connectivity index (χ4n) is 3.07. The number of hydrogen-bond donors (Lipinski definition) is 1. The molecule has 0 unspecified atom stereocenters. The van der Waals surface area contributed by atoms with Crippen LogP contribution in [0.15, 0.2) is 48.8 Å². The topological polar surface area (TPSA) is 85.1 Å². The molecule has 0 fully saturated rings. The molecule has 1 amide bonds. The van der Waals surface area contributed by atoms with Gasteiger partial charge in [-0.25, -0.2) is 19.5 Å². The minimum Gasteiger partial charge on any atom is -0.315 e. The van der Waals surface area contributed by atoms with Gasteiger partial charge in [0.2, 0.25) is 5.82 Å². The smallest absolute Gasteiger partial charge is 0.315 e. The third kappa shape index (κ3) is 3.71. The van der Waals surface area contributed by atoms with Crippen molar-refractivity contribution in [2.24, 2.45) is 0 Å². The molecule has 0 atom stereocenters. The summed E-state index contributed by atoms with van der Waals surface area (Å²) in [5, 5.41) is 6.71. The van der Waals surface area contributed by atoms with Crippen molar-refractivity contribution < 1.29 is 18.0 Å². The minimum atomic E-state index is -4.53. The molecule has 0 bridgehead atoms. The number of carbonyl (C=O) groups excluding carboxylic acids is 1. The van der Waals surface area contributed by atoms with Gasteiger partial charge in [-0.1, -0.05) is 18.2 Å². The fourth-order valence-corrected chi connectivity index (χ4v) is 3.07. The van der Waals surface area contributed by atoms with Crippen molar-refractivity contribution in [1.29, 1.82) is 0 Å². The number of carbonyl (C=O) groups is 1. The normalized spacial score (nSPS) is 11.6. The molecule has 30 heavy (non-hydrogen) atoms. The van der Waals surface area contributed by atoms with Gasteiger partial charge in [-0.05, 0) is 32.0 Å². The Hall–Kier alpha value is -3.82. The Morgan fingerprint density at radius 1 is 1.03 bits per heavy atom. The van der Waals surface area contributed by atoms with Crippen LogP contribution in [-0.2, 0) is 6.18 Å². The van der Waals surface area contributed by atoms with Crippen molar-refractivity contribution in [3.8, 4) is 11.3 Å². The molecular formula is C20H15F3N6O. The maximum absolute atomic E-state index is 13.4. The molecule has 4 rings (SSSR count). The number of benzene rings is 1. The third-order valence-electron chi connectivity index (χ3n) is 4.31. The summed E-state index contributed by atoms with van der Waals surface area (Å²) in [6, 6.07) is 8.34. The van der Waals surface area contributed by atoms with E-state index in [1.807, 2.05) is 0 Å². The summed E-state index contributed by atoms with van der Waals surface area (Å²) in [6.45, 7) is 3.49. The van der Waals surface area contributed by atoms with Crippen LogP contribution in [-0.4, -0.2) is 30.5 Å². The summed E-state index contributed by atoms with van der Waals surface area (Å²) >= 11 is 0. The highest BCUT2D eigenvalue weighted by molar-refractivity contribution is 6.03. The lowest BCUT2D eigenvalue weighted by molar-refractivity contribution is -0.137. The first kappa shape index (κ1) is 19.5. The molecule has 0 saturated carbocycles. The molecular weight excluding hydrogens is 397 g/mol. The van der Waals surface area contributed by atoms with Gasteiger partial charge in [0.25, 0.3) is 5.91 Å². The molecule has 0 spiro atoms. The van der Waals surface area contributed by atoms with Crippen LogP contribution in [0.2, 0.25) is 0 Å². The number of hydrogen-bond acceptors (Lipinski definition) is 5. The van der Waals surface area contributed by atoms with Crippen molar-refractivity contribution in [2.45, 2.75) is 20.0 Å². The van der Waals surface area contributed by atoms with E-state index in [9.17, 15) is 18.0 Å². The first-order chi connectivity index (χ1) is 14.2. The predicted molar refractivity (Wildman–Crippen MR) is 103 cm³/mol. The van der Waals surface area contributed by atoms with Crippen molar-refractivity contribution in [3.63, 3.8) is 0 Å². The van der Waals surface area contributed by atoms with Gasteiger partial charge >= 0.3 is 6.18 Å². The number of aromatic nitrogens is 5. The predicted octanol–water partition coefficient (Wildman–Crippen LogP) is 4.07. The van der Waals surface area contributed by atoms with Gasteiger partial charge < -0.3 is 5.32 Å². The maximum Gasteiger partial charge on any atom is 0.417 e. The van der Waals surface area contributed by atoms with E-state index in [1.165, 1.54) is 41.2 Å². The Kier molecular flexibility index (Phi) is 4.69. The Balaban J connectivity index is 1.74. The van der Waals surface area contributed by atoms with Crippen LogP contribution >= 0.6 is 0 Å². The summed E-state index contributed by atoms with van der Waals surface area (Å²) < 4.78 is 41.5. The van der Waals surface area contributed by atoms with Crippen molar-refractivity contribution in [3.05, 3.63) is 71.6 Å². The molecule has 0 aliphatic carbocycles. The first-order valence-electron chi connectivity index (χ1n) is 8.87. The lowest BCUT2D eigenvalue weighted by Crippen LogP contribution is -2.16. The maximum atomic E-state index is 13.4. The first-order valence-corrected chi connectivity index (χ1v) is 8.87. The van der Waals surface area contributed by atoms with Gasteiger partial charge in [-0.3, -0.25) is 4.79 Å². The van der Waals surface area contributed by atoms with Crippen LogP contribution in [0.4, 0.5) is 18.9 Å². The van der Waals surface area contributed by atoms with Gasteiger partial charge in [0.05, 0.1) is 17.5 Å². The molecule has 0 saturated heterocycles. The Morgan fingerprint density at radius 2 is 1.73 bits per heavy atom. The molecule has 0 radical (unpaired) electrons. The second kappa shape index (κ2) is 7.21. The van der Waals surface area contributed by atoms with E-state index in [0.29, 0.717) is 11.4 Å². The lowest BCUT2D eigenvalue weighted by Gasteiger charge is -2.12. The lowest BCUT2D eigenvalue weighted by atomic mass is 10.0. The molecule has 3 aromatic heterocycles. The Labute approximate surface area is 168 Å². The van der Waals surface area contributed by atoms with E-state index >= 15 is 0 Å². The quantitative estimate of drug-likeness (QED) is 0.548. The molecule has 1 aromatic carbocycles. The molecule has 1 N–H and O–H groups in total. The second-order valence-electron chi connectivity index (χ2n) is 6.61. The molecule has 7 nitrogen and oxygen atoms in total. The largest absolute Gasteiger partial charge is 0.417 e. The number of nitrogens with zero attached hydrogens (tertiary/aromatic N) is 5. The van der Waals surface area contributed by atoms with E-state index in [4.69, 9.17) is 0 Å². The van der Waals surface area contributed by atoms with Crippen molar-refractivity contribution in [2.75, 3.05) is 5.32 Å². The fraction of sp³-hybridized carbons (Fsp3) is 0.150. The SMILES string of the molecule is Cc1cc(C)nc(C(=O)Nc2cnn3ccc(-c4ccccc4C(F)(F)F)nc23)n1. The molecule has 10 heteroatoms. The molecule has 152 valence electrons. The van der Waals surface area contributed by atoms with E-state index in [0.717, 1.165) is 6.07 Å². The highest BCUT2D eigenvalue weighted by Crippen LogP contribution is 2.36. The van der Waals surface area contributed by atoms with E-state index in [-0.39, 0.29) is 28.4 Å². The summed E-state index contributed by atoms with van der Waals surface area (Å²) in [6.07, 6.45) is -1.68. The van der Waals surface area contributed by atoms with Gasteiger partial charge in [-0.15, -0.1) is 0 Å². The summed E-state index contributed by atoms with van der Waals surface area (Å²) in [7, 11) is 0. The molecule has 3 heterocycles. The van der Waals surface area contributed by atoms with Crippen LogP contribution in [0.5, 0.6) is 0 Å². The van der Waals surface area contributed by atoms with Gasteiger partial charge in [0.15, 0.2) is 5.65 Å². The average molecular weight is 412 g/mol. The van der Waals surface area contributed by atoms with Gasteiger partial charge in [-0.2, -0.15) is 18.3 Å². The second-order valence-corrected chi connectivity index (χ2v) is 6.61. The van der Waals surface area contributed by atoms with Gasteiger partial charge in [0, 0.05) is 23.1 Å². The summed E-state index contributed by atoms with van der Waals surface area (Å²) in [4.78, 5) is 25.1. The number of aryl methyl sites for hydroxylation is 2. The van der Waals surface area contributed by atoms with Crippen molar-refractivity contribution >= 4 is 17.2 Å². The van der Waals surface area contributed by atoms with Crippen LogP contribution < -0.4 is 5.32 Å². The zero-order valence-corrected chi connectivity index (χ0v) is 15.9. The monoisotopic (exact) mass is 412 g/mol. The van der Waals surface area contributed by atoms with Gasteiger partial charge in [0.1, 0.15) is 5.69 Å². The standard InChI is InChI=1S/C20H15F3N6O/c1-11-9-12(2)26-17(25-11)19(30)28-16-10-24-29-8-7-15(27-18(16)29)13-5-3-4-6-14(13)20(21,22)23/h3-10H,1-2H3,(H,28,30). The molecule has 0 aliphatic rings. The van der Waals surface area contributed by atoms with Crippen molar-refractivity contribution in [1.82, 2.24) is 24.6 Å². The van der Waals surface area contributed by atoms with Crippen LogP contribution in [0.3, 0.4) is 0 Å². The third-order valence-corrected chi connectivity index (χ3v) is 4.31. The Bertz CT molecular complexity index is 1240. The number of halogens is 3. The van der Waals surface area contributed by atoms with E-state index < -0.39 is 17.6 Å². The summed E-state index contributed by atoms with van der Waals surface area (Å²) in [5.74, 6) is -0.593. The van der Waals surface area contributed by atoms with Crippen LogP contribution in [0.1, 0.15) is 27.6 Å². The highest BCUT2D eigenvalue weighted by atomic mass is 19.4. The van der Waals surface area contributed by atoms with E-state index in [2.05, 4.69) is 25.4 Å². The summed E-state index contributed by atoms with van der Waals surface area (Å²) in [5.41, 5.74) is 0.943. The van der Waals surface area contributed by atoms with Crippen LogP contribution in [0, 0.1) is 13.8 Å². The number of nitrogens with one attached hydrogen (secondary N) is 1.